The van der Waals surface area contributed by atoms with Gasteiger partial charge in [-0.15, -0.1) is 6.58 Å². The predicted molar refractivity (Wildman–Crippen MR) is 38.3 cm³/mol. The van der Waals surface area contributed by atoms with E-state index >= 15 is 0 Å². The molecular formula is C5H7N3S. The summed E-state index contributed by atoms with van der Waals surface area (Å²) in [5.74, 6) is 0. The lowest BCUT2D eigenvalue weighted by Crippen LogP contribution is -1.84. The normalized spacial score (nSPS) is 13.0. The summed E-state index contributed by atoms with van der Waals surface area (Å²) in [5.41, 5.74) is 0.799. The molecular weight excluding hydrogens is 134 g/mol. The van der Waals surface area contributed by atoms with Crippen LogP contribution in [-0.2, 0) is 0 Å². The average Bonchev–Trinajstić information content (AvgIpc) is 2.37. The maximum atomic E-state index is 4.15. The van der Waals surface area contributed by atoms with Gasteiger partial charge in [0.15, 0.2) is 0 Å². The lowest BCUT2D eigenvalue weighted by molar-refractivity contribution is 0.917. The van der Waals surface area contributed by atoms with E-state index in [4.69, 9.17) is 0 Å². The topological polar surface area (TPSA) is 41.6 Å². The Hall–Kier alpha value is -0.770. The number of hydrogen-bond acceptors (Lipinski definition) is 3. The lowest BCUT2D eigenvalue weighted by Gasteiger charge is -1.94. The molecule has 0 bridgehead atoms. The lowest BCUT2D eigenvalue weighted by atomic mass is 10.3. The molecule has 0 aliphatic heterocycles. The molecule has 48 valence electrons. The number of thiol groups is 1. The molecule has 0 aromatic carbocycles. The van der Waals surface area contributed by atoms with E-state index in [1.807, 2.05) is 0 Å². The van der Waals surface area contributed by atoms with Crippen LogP contribution >= 0.6 is 12.6 Å². The Bertz CT molecular complexity index is 182. The number of nitrogens with zero attached hydrogens (tertiary/aromatic N) is 2. The first-order chi connectivity index (χ1) is 4.34. The van der Waals surface area contributed by atoms with E-state index in [1.165, 1.54) is 0 Å². The van der Waals surface area contributed by atoms with Crippen molar-refractivity contribution in [1.82, 2.24) is 15.4 Å². The van der Waals surface area contributed by atoms with Crippen LogP contribution < -0.4 is 0 Å². The Balaban J connectivity index is 2.76. The summed E-state index contributed by atoms with van der Waals surface area (Å²) in [6, 6.07) is 0. The minimum absolute atomic E-state index is 0.0104. The number of rotatable bonds is 2. The summed E-state index contributed by atoms with van der Waals surface area (Å²) >= 11 is 4.15. The molecule has 0 amide bonds. The summed E-state index contributed by atoms with van der Waals surface area (Å²) in [7, 11) is 0. The summed E-state index contributed by atoms with van der Waals surface area (Å²) in [4.78, 5) is 0. The standard InChI is InChI=1S/C5H7N3S/c1-2-5(9)4-3-6-8-7-4/h2-3,5,9H,1H2,(H,6,7,8). The zero-order valence-corrected chi connectivity index (χ0v) is 5.68. The van der Waals surface area contributed by atoms with E-state index in [2.05, 4.69) is 34.6 Å². The molecule has 0 fully saturated rings. The minimum Gasteiger partial charge on any atom is -0.198 e. The van der Waals surface area contributed by atoms with Crippen LogP contribution in [0.5, 0.6) is 0 Å². The SMILES string of the molecule is C=CC(S)c1cn[nH]n1. The van der Waals surface area contributed by atoms with Crippen molar-refractivity contribution in [3.05, 3.63) is 24.5 Å². The van der Waals surface area contributed by atoms with Crippen molar-refractivity contribution in [2.45, 2.75) is 5.25 Å². The fourth-order valence-electron chi connectivity index (χ4n) is 0.474. The molecule has 1 rings (SSSR count). The number of hydrogen-bond donors (Lipinski definition) is 2. The molecule has 0 radical (unpaired) electrons. The van der Waals surface area contributed by atoms with Crippen LogP contribution in [0.25, 0.3) is 0 Å². The second kappa shape index (κ2) is 2.68. The van der Waals surface area contributed by atoms with Crippen LogP contribution in [0.15, 0.2) is 18.9 Å². The van der Waals surface area contributed by atoms with Gasteiger partial charge in [-0.2, -0.15) is 28.0 Å². The molecule has 1 heterocycles. The third-order valence-electron chi connectivity index (χ3n) is 0.960. The van der Waals surface area contributed by atoms with Crippen molar-refractivity contribution in [3.63, 3.8) is 0 Å². The Morgan fingerprint density at radius 2 is 2.67 bits per heavy atom. The molecule has 0 aliphatic rings. The second-order valence-electron chi connectivity index (χ2n) is 1.58. The molecule has 3 nitrogen and oxygen atoms in total. The average molecular weight is 141 g/mol. The molecule has 1 aromatic heterocycles. The van der Waals surface area contributed by atoms with E-state index in [0.717, 1.165) is 5.69 Å². The smallest absolute Gasteiger partial charge is 0.0989 e. The van der Waals surface area contributed by atoms with Gasteiger partial charge in [-0.3, -0.25) is 0 Å². The highest BCUT2D eigenvalue weighted by Gasteiger charge is 2.01. The summed E-state index contributed by atoms with van der Waals surface area (Å²) in [6.07, 6.45) is 3.32. The van der Waals surface area contributed by atoms with E-state index in [-0.39, 0.29) is 5.25 Å². The zero-order valence-electron chi connectivity index (χ0n) is 4.78. The van der Waals surface area contributed by atoms with Gasteiger partial charge in [-0.25, -0.2) is 0 Å². The Labute approximate surface area is 58.6 Å². The molecule has 1 N–H and O–H groups in total. The van der Waals surface area contributed by atoms with Crippen molar-refractivity contribution in [2.24, 2.45) is 0 Å². The van der Waals surface area contributed by atoms with Crippen molar-refractivity contribution >= 4 is 12.6 Å². The molecule has 1 unspecified atom stereocenters. The first-order valence-corrected chi connectivity index (χ1v) is 3.02. The Morgan fingerprint density at radius 1 is 1.89 bits per heavy atom. The highest BCUT2D eigenvalue weighted by atomic mass is 32.1. The van der Waals surface area contributed by atoms with Crippen molar-refractivity contribution in [1.29, 1.82) is 0 Å². The summed E-state index contributed by atoms with van der Waals surface area (Å²) in [6.45, 7) is 3.56. The molecule has 0 aliphatic carbocycles. The molecule has 4 heteroatoms. The van der Waals surface area contributed by atoms with E-state index < -0.39 is 0 Å². The first kappa shape index (κ1) is 6.35. The summed E-state index contributed by atoms with van der Waals surface area (Å²) in [5, 5.41) is 9.90. The molecule has 0 spiro atoms. The van der Waals surface area contributed by atoms with E-state index in [1.54, 1.807) is 12.3 Å². The fraction of sp³-hybridized carbons (Fsp3) is 0.200. The molecule has 0 saturated carbocycles. The molecule has 9 heavy (non-hydrogen) atoms. The Morgan fingerprint density at radius 3 is 3.11 bits per heavy atom. The third kappa shape index (κ3) is 1.32. The van der Waals surface area contributed by atoms with Gasteiger partial charge in [0.2, 0.25) is 0 Å². The molecule has 1 atom stereocenters. The first-order valence-electron chi connectivity index (χ1n) is 2.51. The zero-order chi connectivity index (χ0) is 6.69. The van der Waals surface area contributed by atoms with Gasteiger partial charge in [0.1, 0.15) is 0 Å². The quantitative estimate of drug-likeness (QED) is 0.476. The number of aromatic nitrogens is 3. The second-order valence-corrected chi connectivity index (χ2v) is 2.13. The van der Waals surface area contributed by atoms with Crippen LogP contribution in [0.3, 0.4) is 0 Å². The summed E-state index contributed by atoms with van der Waals surface area (Å²) < 4.78 is 0. The maximum Gasteiger partial charge on any atom is 0.0989 e. The monoisotopic (exact) mass is 141 g/mol. The van der Waals surface area contributed by atoms with Gasteiger partial charge in [0, 0.05) is 0 Å². The van der Waals surface area contributed by atoms with Gasteiger partial charge in [0.05, 0.1) is 17.1 Å². The van der Waals surface area contributed by atoms with E-state index in [0.29, 0.717) is 0 Å². The number of H-pyrrole nitrogens is 1. The van der Waals surface area contributed by atoms with Crippen molar-refractivity contribution in [3.8, 4) is 0 Å². The fourth-order valence-corrected chi connectivity index (χ4v) is 0.598. The highest BCUT2D eigenvalue weighted by Crippen LogP contribution is 2.15. The Kier molecular flexibility index (Phi) is 1.89. The van der Waals surface area contributed by atoms with E-state index in [9.17, 15) is 0 Å². The van der Waals surface area contributed by atoms with Crippen molar-refractivity contribution < 1.29 is 0 Å². The van der Waals surface area contributed by atoms with Gasteiger partial charge in [-0.05, 0) is 0 Å². The largest absolute Gasteiger partial charge is 0.198 e. The molecule has 1 aromatic rings. The van der Waals surface area contributed by atoms with Crippen LogP contribution in [0.4, 0.5) is 0 Å². The van der Waals surface area contributed by atoms with Crippen LogP contribution in [0, 0.1) is 0 Å². The minimum atomic E-state index is -0.0104. The maximum absolute atomic E-state index is 4.15. The van der Waals surface area contributed by atoms with Crippen LogP contribution in [0.1, 0.15) is 10.9 Å². The molecule has 0 saturated heterocycles. The van der Waals surface area contributed by atoms with Crippen LogP contribution in [-0.4, -0.2) is 15.4 Å². The van der Waals surface area contributed by atoms with Crippen LogP contribution in [0.2, 0.25) is 0 Å². The number of nitrogens with one attached hydrogen (secondary N) is 1. The van der Waals surface area contributed by atoms with Crippen molar-refractivity contribution in [2.75, 3.05) is 0 Å². The van der Waals surface area contributed by atoms with Gasteiger partial charge >= 0.3 is 0 Å². The van der Waals surface area contributed by atoms with Gasteiger partial charge < -0.3 is 0 Å². The van der Waals surface area contributed by atoms with Gasteiger partial charge in [0.25, 0.3) is 0 Å². The highest BCUT2D eigenvalue weighted by molar-refractivity contribution is 7.80. The predicted octanol–water partition coefficient (Wildman–Crippen LogP) is 0.962. The number of aromatic amines is 1. The van der Waals surface area contributed by atoms with Gasteiger partial charge in [-0.1, -0.05) is 6.08 Å². The third-order valence-corrected chi connectivity index (χ3v) is 1.44.